The highest BCUT2D eigenvalue weighted by atomic mass is 32.2. The maximum Gasteiger partial charge on any atom is 0.337 e. The average Bonchev–Trinajstić information content (AvgIpc) is 3.19. The lowest BCUT2D eigenvalue weighted by Crippen LogP contribution is -2.08. The Bertz CT molecular complexity index is 1450. The zero-order valence-electron chi connectivity index (χ0n) is 17.5. The van der Waals surface area contributed by atoms with E-state index in [1.165, 1.54) is 24.3 Å². The number of carboxylic acid groups (broad SMARTS) is 1. The van der Waals surface area contributed by atoms with E-state index < -0.39 is 44.7 Å². The van der Waals surface area contributed by atoms with E-state index in [-0.39, 0.29) is 21.6 Å². The van der Waals surface area contributed by atoms with E-state index in [1.807, 2.05) is 0 Å². The molecular formula is C23H18F2N2O5S. The standard InChI is InChI=1S/C23H18F2N2O5S/c1-11-20(26-12(2)21(11)23(29)30)9-15-14-8-13(6-7-19(14)27-22(15)28)33(31,32)10-16-17(24)4-3-5-18(16)25/h3-9,26H,10H2,1-2H3,(H,27,28)(H,29,30)/b15-9-. The lowest BCUT2D eigenvalue weighted by molar-refractivity contribution is -0.110. The second kappa shape index (κ2) is 7.96. The molecule has 0 radical (unpaired) electrons. The fourth-order valence-corrected chi connectivity index (χ4v) is 5.23. The van der Waals surface area contributed by atoms with Gasteiger partial charge in [-0.2, -0.15) is 0 Å². The van der Waals surface area contributed by atoms with Crippen LogP contribution in [-0.2, 0) is 20.4 Å². The fraction of sp³-hybridized carbons (Fsp3) is 0.130. The zero-order valence-corrected chi connectivity index (χ0v) is 18.3. The number of nitrogens with one attached hydrogen (secondary N) is 2. The van der Waals surface area contributed by atoms with Crippen LogP contribution in [0.3, 0.4) is 0 Å². The number of carbonyl (C=O) groups is 2. The van der Waals surface area contributed by atoms with Crippen LogP contribution in [0.5, 0.6) is 0 Å². The molecule has 3 aromatic rings. The molecule has 0 saturated heterocycles. The first-order valence-corrected chi connectivity index (χ1v) is 11.4. The van der Waals surface area contributed by atoms with Crippen LogP contribution in [0.2, 0.25) is 0 Å². The Morgan fingerprint density at radius 3 is 2.39 bits per heavy atom. The van der Waals surface area contributed by atoms with Gasteiger partial charge in [0.15, 0.2) is 9.84 Å². The van der Waals surface area contributed by atoms with Crippen molar-refractivity contribution in [2.45, 2.75) is 24.5 Å². The molecule has 3 N–H and O–H groups in total. The van der Waals surface area contributed by atoms with E-state index in [0.29, 0.717) is 22.6 Å². The molecule has 0 spiro atoms. The van der Waals surface area contributed by atoms with Crippen LogP contribution < -0.4 is 5.32 Å². The van der Waals surface area contributed by atoms with Crippen LogP contribution in [0.15, 0.2) is 41.3 Å². The summed E-state index contributed by atoms with van der Waals surface area (Å²) in [5, 5.41) is 12.0. The maximum absolute atomic E-state index is 14.0. The molecule has 0 bridgehead atoms. The van der Waals surface area contributed by atoms with Gasteiger partial charge in [0.2, 0.25) is 0 Å². The van der Waals surface area contributed by atoms with Crippen LogP contribution in [-0.4, -0.2) is 30.4 Å². The normalized spacial score (nSPS) is 14.4. The van der Waals surface area contributed by atoms with Crippen molar-refractivity contribution in [3.63, 3.8) is 0 Å². The van der Waals surface area contributed by atoms with Crippen LogP contribution >= 0.6 is 0 Å². The molecular weight excluding hydrogens is 454 g/mol. The van der Waals surface area contributed by atoms with Gasteiger partial charge in [-0.1, -0.05) is 6.07 Å². The summed E-state index contributed by atoms with van der Waals surface area (Å²) in [7, 11) is -4.15. The number of amides is 1. The summed E-state index contributed by atoms with van der Waals surface area (Å²) in [6, 6.07) is 7.01. The quantitative estimate of drug-likeness (QED) is 0.484. The lowest BCUT2D eigenvalue weighted by Gasteiger charge is -2.08. The first kappa shape index (κ1) is 22.4. The lowest BCUT2D eigenvalue weighted by atomic mass is 10.0. The number of carboxylic acids is 1. The summed E-state index contributed by atoms with van der Waals surface area (Å²) in [5.74, 6) is -4.44. The third-order valence-corrected chi connectivity index (χ3v) is 7.15. The number of hydrogen-bond acceptors (Lipinski definition) is 4. The fourth-order valence-electron chi connectivity index (χ4n) is 3.83. The molecule has 0 unspecified atom stereocenters. The topological polar surface area (TPSA) is 116 Å². The van der Waals surface area contributed by atoms with E-state index in [4.69, 9.17) is 0 Å². The predicted octanol–water partition coefficient (Wildman–Crippen LogP) is 4.07. The van der Waals surface area contributed by atoms with Gasteiger partial charge in [0.05, 0.1) is 21.8 Å². The highest BCUT2D eigenvalue weighted by molar-refractivity contribution is 7.90. The van der Waals surface area contributed by atoms with E-state index >= 15 is 0 Å². The van der Waals surface area contributed by atoms with Gasteiger partial charge in [-0.3, -0.25) is 4.79 Å². The van der Waals surface area contributed by atoms with Gasteiger partial charge in [-0.25, -0.2) is 22.0 Å². The molecule has 2 heterocycles. The number of aromatic nitrogens is 1. The number of benzene rings is 2. The van der Waals surface area contributed by atoms with Crippen LogP contribution in [0.25, 0.3) is 11.6 Å². The number of halogens is 2. The molecule has 10 heteroatoms. The molecule has 0 atom stereocenters. The first-order chi connectivity index (χ1) is 15.5. The van der Waals surface area contributed by atoms with Gasteiger partial charge in [0.25, 0.3) is 5.91 Å². The predicted molar refractivity (Wildman–Crippen MR) is 117 cm³/mol. The number of carbonyl (C=O) groups excluding carboxylic acids is 1. The van der Waals surface area contributed by atoms with Crippen LogP contribution in [0.1, 0.15) is 38.4 Å². The molecule has 1 aromatic heterocycles. The van der Waals surface area contributed by atoms with Crippen LogP contribution in [0, 0.1) is 25.5 Å². The third kappa shape index (κ3) is 3.93. The van der Waals surface area contributed by atoms with Gasteiger partial charge in [0.1, 0.15) is 11.6 Å². The maximum atomic E-state index is 14.0. The molecule has 0 fully saturated rings. The minimum atomic E-state index is -4.15. The Balaban J connectivity index is 1.77. The van der Waals surface area contributed by atoms with E-state index in [9.17, 15) is 31.9 Å². The Hall–Kier alpha value is -3.79. The highest BCUT2D eigenvalue weighted by Crippen LogP contribution is 2.36. The molecule has 4 rings (SSSR count). The van der Waals surface area contributed by atoms with Crippen molar-refractivity contribution in [2.24, 2.45) is 0 Å². The molecule has 7 nitrogen and oxygen atoms in total. The van der Waals surface area contributed by atoms with Gasteiger partial charge in [-0.05, 0) is 55.8 Å². The number of aromatic amines is 1. The number of aryl methyl sites for hydroxylation is 1. The first-order valence-electron chi connectivity index (χ1n) is 9.75. The Morgan fingerprint density at radius 2 is 1.79 bits per heavy atom. The number of fused-ring (bicyclic) bond motifs is 1. The summed E-state index contributed by atoms with van der Waals surface area (Å²) >= 11 is 0. The van der Waals surface area contributed by atoms with Crippen molar-refractivity contribution in [3.05, 3.63) is 81.7 Å². The van der Waals surface area contributed by atoms with Crippen molar-refractivity contribution in [1.82, 2.24) is 4.98 Å². The van der Waals surface area contributed by atoms with Gasteiger partial charge >= 0.3 is 5.97 Å². The van der Waals surface area contributed by atoms with Gasteiger partial charge in [-0.15, -0.1) is 0 Å². The van der Waals surface area contributed by atoms with E-state index in [1.54, 1.807) is 13.8 Å². The number of sulfone groups is 1. The van der Waals surface area contributed by atoms with Gasteiger partial charge in [0, 0.05) is 28.2 Å². The average molecular weight is 472 g/mol. The second-order valence-electron chi connectivity index (χ2n) is 7.65. The number of hydrogen-bond donors (Lipinski definition) is 3. The monoisotopic (exact) mass is 472 g/mol. The van der Waals surface area contributed by atoms with Crippen LogP contribution in [0.4, 0.5) is 14.5 Å². The minimum absolute atomic E-state index is 0.0868. The largest absolute Gasteiger partial charge is 0.478 e. The number of anilines is 1. The molecule has 170 valence electrons. The number of aromatic carboxylic acids is 1. The summed E-state index contributed by atoms with van der Waals surface area (Å²) in [4.78, 5) is 26.7. The van der Waals surface area contributed by atoms with Gasteiger partial charge < -0.3 is 15.4 Å². The number of H-pyrrole nitrogens is 1. The van der Waals surface area contributed by atoms with Crippen molar-refractivity contribution < 1.29 is 31.9 Å². The minimum Gasteiger partial charge on any atom is -0.478 e. The molecule has 1 amide bonds. The molecule has 2 aromatic carbocycles. The summed E-state index contributed by atoms with van der Waals surface area (Å²) < 4.78 is 53.8. The molecule has 1 aliphatic rings. The summed E-state index contributed by atoms with van der Waals surface area (Å²) in [6.07, 6.45) is 1.45. The summed E-state index contributed by atoms with van der Waals surface area (Å²) in [6.45, 7) is 3.19. The second-order valence-corrected chi connectivity index (χ2v) is 9.64. The smallest absolute Gasteiger partial charge is 0.337 e. The van der Waals surface area contributed by atoms with Crippen molar-refractivity contribution in [1.29, 1.82) is 0 Å². The molecule has 33 heavy (non-hydrogen) atoms. The van der Waals surface area contributed by atoms with E-state index in [0.717, 1.165) is 18.2 Å². The van der Waals surface area contributed by atoms with Crippen molar-refractivity contribution >= 4 is 39.1 Å². The zero-order chi connectivity index (χ0) is 24.1. The Labute approximate surface area is 187 Å². The summed E-state index contributed by atoms with van der Waals surface area (Å²) in [5.41, 5.74) is 1.51. The highest BCUT2D eigenvalue weighted by Gasteiger charge is 2.28. The third-order valence-electron chi connectivity index (χ3n) is 5.51. The van der Waals surface area contributed by atoms with Crippen molar-refractivity contribution in [2.75, 3.05) is 5.32 Å². The number of rotatable bonds is 5. The SMILES string of the molecule is Cc1[nH]c(/C=C2\C(=O)Nc3ccc(S(=O)(=O)Cc4c(F)cccc4F)cc32)c(C)c1C(=O)O. The molecule has 1 aliphatic heterocycles. The molecule has 0 saturated carbocycles. The molecule has 0 aliphatic carbocycles. The Kier molecular flexibility index (Phi) is 5.41. The van der Waals surface area contributed by atoms with Crippen molar-refractivity contribution in [3.8, 4) is 0 Å². The Morgan fingerprint density at radius 1 is 1.12 bits per heavy atom. The van der Waals surface area contributed by atoms with E-state index in [2.05, 4.69) is 10.3 Å².